The van der Waals surface area contributed by atoms with Crippen molar-refractivity contribution in [1.82, 2.24) is 0 Å². The van der Waals surface area contributed by atoms with E-state index >= 15 is 0 Å². The molecule has 2 N–H and O–H groups in total. The van der Waals surface area contributed by atoms with Gasteiger partial charge in [0.15, 0.2) is 0 Å². The molecule has 0 amide bonds. The molecule has 1 aromatic rings. The van der Waals surface area contributed by atoms with Crippen molar-refractivity contribution < 1.29 is 4.74 Å². The van der Waals surface area contributed by atoms with E-state index in [1.165, 1.54) is 24.1 Å². The molecule has 1 aliphatic heterocycles. The number of benzene rings is 1. The Hall–Kier alpha value is -0.580. The highest BCUT2D eigenvalue weighted by molar-refractivity contribution is 9.10. The van der Waals surface area contributed by atoms with Crippen LogP contribution in [-0.4, -0.2) is 26.8 Å². The van der Waals surface area contributed by atoms with E-state index in [2.05, 4.69) is 46.1 Å². The smallest absolute Gasteiger partial charge is 0.0469 e. The highest BCUT2D eigenvalue weighted by Gasteiger charge is 2.16. The number of rotatable bonds is 4. The summed E-state index contributed by atoms with van der Waals surface area (Å²) in [6.07, 6.45) is 2.34. The molecule has 2 rings (SSSR count). The van der Waals surface area contributed by atoms with Gasteiger partial charge < -0.3 is 15.4 Å². The number of anilines is 1. The van der Waals surface area contributed by atoms with Gasteiger partial charge >= 0.3 is 0 Å². The second-order valence-corrected chi connectivity index (χ2v) is 5.87. The fraction of sp³-hybridized carbons (Fsp3) is 0.571. The fourth-order valence-electron chi connectivity index (χ4n) is 2.39. The number of nitrogens with zero attached hydrogens (tertiary/aromatic N) is 1. The van der Waals surface area contributed by atoms with Gasteiger partial charge in [-0.1, -0.05) is 15.9 Å². The Bertz CT molecular complexity index is 391. The van der Waals surface area contributed by atoms with Crippen molar-refractivity contribution in [3.63, 3.8) is 0 Å². The Balaban J connectivity index is 2.02. The molecule has 0 atom stereocenters. The minimum Gasteiger partial charge on any atom is -0.381 e. The van der Waals surface area contributed by atoms with E-state index in [1.807, 2.05) is 0 Å². The first-order valence-corrected chi connectivity index (χ1v) is 7.26. The van der Waals surface area contributed by atoms with Crippen LogP contribution in [-0.2, 0) is 11.3 Å². The van der Waals surface area contributed by atoms with Crippen LogP contribution in [0.3, 0.4) is 0 Å². The SMILES string of the molecule is CN(CC1CCOCC1)c1cc(Br)cc(CN)c1. The van der Waals surface area contributed by atoms with Gasteiger partial charge in [-0.2, -0.15) is 0 Å². The average molecular weight is 313 g/mol. The van der Waals surface area contributed by atoms with E-state index in [1.54, 1.807) is 0 Å². The molecule has 100 valence electrons. The van der Waals surface area contributed by atoms with Gasteiger partial charge in [-0.15, -0.1) is 0 Å². The van der Waals surface area contributed by atoms with Crippen LogP contribution in [0, 0.1) is 5.92 Å². The van der Waals surface area contributed by atoms with E-state index in [9.17, 15) is 0 Å². The summed E-state index contributed by atoms with van der Waals surface area (Å²) in [5, 5.41) is 0. The number of halogens is 1. The van der Waals surface area contributed by atoms with Crippen molar-refractivity contribution in [2.45, 2.75) is 19.4 Å². The molecule has 4 heteroatoms. The van der Waals surface area contributed by atoms with Crippen LogP contribution in [0.15, 0.2) is 22.7 Å². The van der Waals surface area contributed by atoms with Gasteiger partial charge in [0.2, 0.25) is 0 Å². The van der Waals surface area contributed by atoms with E-state index in [0.29, 0.717) is 6.54 Å². The zero-order chi connectivity index (χ0) is 13.0. The minimum atomic E-state index is 0.581. The highest BCUT2D eigenvalue weighted by atomic mass is 79.9. The number of ether oxygens (including phenoxy) is 1. The van der Waals surface area contributed by atoms with Crippen molar-refractivity contribution in [2.24, 2.45) is 11.7 Å². The topological polar surface area (TPSA) is 38.5 Å². The summed E-state index contributed by atoms with van der Waals surface area (Å²) >= 11 is 3.55. The highest BCUT2D eigenvalue weighted by Crippen LogP contribution is 2.24. The molecule has 0 aromatic heterocycles. The quantitative estimate of drug-likeness (QED) is 0.929. The van der Waals surface area contributed by atoms with E-state index in [4.69, 9.17) is 10.5 Å². The second kappa shape index (κ2) is 6.55. The molecular weight excluding hydrogens is 292 g/mol. The van der Waals surface area contributed by atoms with Crippen LogP contribution in [0.1, 0.15) is 18.4 Å². The van der Waals surface area contributed by atoms with Gasteiger partial charge in [0.1, 0.15) is 0 Å². The van der Waals surface area contributed by atoms with Crippen molar-refractivity contribution in [3.05, 3.63) is 28.2 Å². The zero-order valence-electron chi connectivity index (χ0n) is 10.9. The Morgan fingerprint density at radius 1 is 1.33 bits per heavy atom. The van der Waals surface area contributed by atoms with Crippen molar-refractivity contribution in [2.75, 3.05) is 31.7 Å². The Kier molecular flexibility index (Phi) is 5.03. The summed E-state index contributed by atoms with van der Waals surface area (Å²) in [6, 6.07) is 6.40. The number of hydrogen-bond acceptors (Lipinski definition) is 3. The first-order chi connectivity index (χ1) is 8.69. The molecule has 0 saturated carbocycles. The molecule has 18 heavy (non-hydrogen) atoms. The third kappa shape index (κ3) is 3.70. The lowest BCUT2D eigenvalue weighted by Gasteiger charge is -2.28. The lowest BCUT2D eigenvalue weighted by atomic mass is 9.99. The zero-order valence-corrected chi connectivity index (χ0v) is 12.4. The average Bonchev–Trinajstić information content (AvgIpc) is 2.39. The van der Waals surface area contributed by atoms with Crippen LogP contribution in [0.5, 0.6) is 0 Å². The van der Waals surface area contributed by atoms with Crippen molar-refractivity contribution in [1.29, 1.82) is 0 Å². The van der Waals surface area contributed by atoms with E-state index < -0.39 is 0 Å². The molecular formula is C14H21BrN2O. The first kappa shape index (κ1) is 13.8. The lowest BCUT2D eigenvalue weighted by molar-refractivity contribution is 0.0685. The summed E-state index contributed by atoms with van der Waals surface area (Å²) in [4.78, 5) is 2.32. The Labute approximate surface area is 117 Å². The Morgan fingerprint density at radius 3 is 2.72 bits per heavy atom. The van der Waals surface area contributed by atoms with Crippen LogP contribution in [0.2, 0.25) is 0 Å². The van der Waals surface area contributed by atoms with E-state index in [-0.39, 0.29) is 0 Å². The van der Waals surface area contributed by atoms with Gasteiger partial charge in [0, 0.05) is 43.5 Å². The molecule has 0 unspecified atom stereocenters. The largest absolute Gasteiger partial charge is 0.381 e. The Morgan fingerprint density at radius 2 is 2.06 bits per heavy atom. The molecule has 0 aliphatic carbocycles. The normalized spacial score (nSPS) is 16.8. The third-order valence-corrected chi connectivity index (χ3v) is 3.95. The number of hydrogen-bond donors (Lipinski definition) is 1. The minimum absolute atomic E-state index is 0.581. The van der Waals surface area contributed by atoms with Crippen LogP contribution in [0.4, 0.5) is 5.69 Å². The first-order valence-electron chi connectivity index (χ1n) is 6.47. The molecule has 3 nitrogen and oxygen atoms in total. The molecule has 0 bridgehead atoms. The summed E-state index contributed by atoms with van der Waals surface area (Å²) in [7, 11) is 2.15. The second-order valence-electron chi connectivity index (χ2n) is 4.96. The maximum absolute atomic E-state index is 5.72. The van der Waals surface area contributed by atoms with Gasteiger partial charge in [-0.05, 0) is 42.5 Å². The van der Waals surface area contributed by atoms with Crippen LogP contribution < -0.4 is 10.6 Å². The lowest BCUT2D eigenvalue weighted by Crippen LogP contribution is -2.29. The van der Waals surface area contributed by atoms with Crippen LogP contribution >= 0.6 is 15.9 Å². The fourth-order valence-corrected chi connectivity index (χ4v) is 2.92. The summed E-state index contributed by atoms with van der Waals surface area (Å²) in [5.74, 6) is 0.740. The molecule has 0 radical (unpaired) electrons. The van der Waals surface area contributed by atoms with E-state index in [0.717, 1.165) is 30.1 Å². The summed E-state index contributed by atoms with van der Waals surface area (Å²) in [5.41, 5.74) is 8.11. The summed E-state index contributed by atoms with van der Waals surface area (Å²) < 4.78 is 6.50. The van der Waals surface area contributed by atoms with Gasteiger partial charge in [-0.25, -0.2) is 0 Å². The maximum atomic E-state index is 5.72. The van der Waals surface area contributed by atoms with Gasteiger partial charge in [0.25, 0.3) is 0 Å². The van der Waals surface area contributed by atoms with Gasteiger partial charge in [0.05, 0.1) is 0 Å². The van der Waals surface area contributed by atoms with Gasteiger partial charge in [-0.3, -0.25) is 0 Å². The predicted octanol–water partition coefficient (Wildman–Crippen LogP) is 2.77. The molecule has 1 aliphatic rings. The van der Waals surface area contributed by atoms with Crippen molar-refractivity contribution >= 4 is 21.6 Å². The van der Waals surface area contributed by atoms with Crippen molar-refractivity contribution in [3.8, 4) is 0 Å². The molecule has 0 spiro atoms. The molecule has 1 saturated heterocycles. The molecule has 1 aromatic carbocycles. The maximum Gasteiger partial charge on any atom is 0.0469 e. The third-order valence-electron chi connectivity index (χ3n) is 3.49. The van der Waals surface area contributed by atoms with Crippen LogP contribution in [0.25, 0.3) is 0 Å². The monoisotopic (exact) mass is 312 g/mol. The molecule has 1 heterocycles. The predicted molar refractivity (Wildman–Crippen MR) is 78.8 cm³/mol. The summed E-state index contributed by atoms with van der Waals surface area (Å²) in [6.45, 7) is 3.48. The number of nitrogens with two attached hydrogens (primary N) is 1. The standard InChI is InChI=1S/C14H21BrN2O/c1-17(10-11-2-4-18-5-3-11)14-7-12(9-16)6-13(15)8-14/h6-8,11H,2-5,9-10,16H2,1H3. The molecule has 1 fully saturated rings.